The topological polar surface area (TPSA) is 53.0 Å². The van der Waals surface area contributed by atoms with E-state index in [1.54, 1.807) is 24.0 Å². The van der Waals surface area contributed by atoms with Crippen LogP contribution in [0.4, 0.5) is 15.8 Å². The minimum Gasteiger partial charge on any atom is -0.508 e. The van der Waals surface area contributed by atoms with E-state index < -0.39 is 0 Å². The number of likely N-dealkylation sites (tertiary alicyclic amines) is 1. The van der Waals surface area contributed by atoms with Crippen LogP contribution in [0.2, 0.25) is 0 Å². The zero-order valence-corrected chi connectivity index (χ0v) is 18.8. The highest BCUT2D eigenvalue weighted by atomic mass is 19.1. The Balaban J connectivity index is 1.53. The Bertz CT molecular complexity index is 1080. The highest BCUT2D eigenvalue weighted by Crippen LogP contribution is 2.31. The summed E-state index contributed by atoms with van der Waals surface area (Å²) in [5, 5.41) is 9.69. The van der Waals surface area contributed by atoms with E-state index >= 15 is 0 Å². The normalized spacial score (nSPS) is 14.1. The van der Waals surface area contributed by atoms with Gasteiger partial charge in [0.15, 0.2) is 0 Å². The van der Waals surface area contributed by atoms with Crippen LogP contribution in [-0.4, -0.2) is 42.2 Å². The van der Waals surface area contributed by atoms with Crippen LogP contribution in [0.1, 0.15) is 35.2 Å². The molecule has 3 aromatic carbocycles. The van der Waals surface area contributed by atoms with Gasteiger partial charge < -0.3 is 9.84 Å². The van der Waals surface area contributed by atoms with Crippen LogP contribution in [0.25, 0.3) is 0 Å². The average Bonchev–Trinajstić information content (AvgIpc) is 2.82. The number of hydrogen-bond donors (Lipinski definition) is 1. The maximum absolute atomic E-state index is 13.6. The average molecular weight is 449 g/mol. The molecule has 4 rings (SSSR count). The molecule has 6 heteroatoms. The van der Waals surface area contributed by atoms with Crippen LogP contribution >= 0.6 is 0 Å². The van der Waals surface area contributed by atoms with Crippen LogP contribution in [0.15, 0.2) is 66.7 Å². The molecule has 0 radical (unpaired) electrons. The molecule has 33 heavy (non-hydrogen) atoms. The first-order valence-electron chi connectivity index (χ1n) is 11.4. The second-order valence-electron chi connectivity index (χ2n) is 8.36. The number of amides is 1. The monoisotopic (exact) mass is 448 g/mol. The first kappa shape index (κ1) is 22.8. The maximum Gasteiger partial charge on any atom is 0.263 e. The van der Waals surface area contributed by atoms with E-state index in [4.69, 9.17) is 4.74 Å². The van der Waals surface area contributed by atoms with E-state index in [1.807, 2.05) is 24.3 Å². The van der Waals surface area contributed by atoms with Crippen molar-refractivity contribution >= 4 is 17.3 Å². The first-order valence-corrected chi connectivity index (χ1v) is 11.4. The van der Waals surface area contributed by atoms with Crippen molar-refractivity contribution in [1.82, 2.24) is 4.90 Å². The van der Waals surface area contributed by atoms with Gasteiger partial charge in [0.2, 0.25) is 0 Å². The van der Waals surface area contributed by atoms with Crippen LogP contribution in [-0.2, 0) is 0 Å². The van der Waals surface area contributed by atoms with E-state index in [9.17, 15) is 14.3 Å². The number of carbonyl (C=O) groups excluding carboxylic acids is 1. The molecule has 1 amide bonds. The van der Waals surface area contributed by atoms with E-state index in [0.717, 1.165) is 25.4 Å². The lowest BCUT2D eigenvalue weighted by molar-refractivity contribution is 0.0998. The summed E-state index contributed by atoms with van der Waals surface area (Å²) in [5.41, 5.74) is 2.21. The van der Waals surface area contributed by atoms with Gasteiger partial charge in [-0.2, -0.15) is 0 Å². The number of ether oxygens (including phenoxy) is 1. The number of nitrogens with zero attached hydrogens (tertiary/aromatic N) is 2. The van der Waals surface area contributed by atoms with Gasteiger partial charge in [0.05, 0.1) is 0 Å². The smallest absolute Gasteiger partial charge is 0.263 e. The second kappa shape index (κ2) is 10.5. The van der Waals surface area contributed by atoms with Crippen molar-refractivity contribution in [3.05, 3.63) is 83.7 Å². The summed E-state index contributed by atoms with van der Waals surface area (Å²) in [6.07, 6.45) is 3.82. The molecule has 1 heterocycles. The predicted octanol–water partition coefficient (Wildman–Crippen LogP) is 5.68. The molecule has 3 aromatic rings. The largest absolute Gasteiger partial charge is 0.508 e. The van der Waals surface area contributed by atoms with Gasteiger partial charge in [-0.25, -0.2) is 4.39 Å². The van der Waals surface area contributed by atoms with Crippen molar-refractivity contribution in [2.24, 2.45) is 0 Å². The minimum atomic E-state index is -0.383. The van der Waals surface area contributed by atoms with E-state index in [1.165, 1.54) is 49.6 Å². The van der Waals surface area contributed by atoms with E-state index in [-0.39, 0.29) is 17.5 Å². The van der Waals surface area contributed by atoms with Crippen LogP contribution in [0, 0.1) is 12.7 Å². The molecule has 0 bridgehead atoms. The molecule has 0 unspecified atom stereocenters. The van der Waals surface area contributed by atoms with Gasteiger partial charge in [-0.05, 0) is 105 Å². The quantitative estimate of drug-likeness (QED) is 0.505. The van der Waals surface area contributed by atoms with Crippen molar-refractivity contribution in [2.75, 3.05) is 31.1 Å². The zero-order valence-electron chi connectivity index (χ0n) is 18.8. The number of phenols is 1. The Morgan fingerprint density at radius 1 is 0.970 bits per heavy atom. The number of carbonyl (C=O) groups is 1. The van der Waals surface area contributed by atoms with Crippen molar-refractivity contribution in [1.29, 1.82) is 0 Å². The van der Waals surface area contributed by atoms with Gasteiger partial charge >= 0.3 is 0 Å². The number of halogens is 1. The molecule has 1 N–H and O–H groups in total. The summed E-state index contributed by atoms with van der Waals surface area (Å²) in [6, 6.07) is 17.9. The fourth-order valence-corrected chi connectivity index (χ4v) is 4.14. The van der Waals surface area contributed by atoms with Crippen molar-refractivity contribution in [3.63, 3.8) is 0 Å². The lowest BCUT2D eigenvalue weighted by Crippen LogP contribution is -2.33. The summed E-state index contributed by atoms with van der Waals surface area (Å²) in [6.45, 7) is 5.51. The lowest BCUT2D eigenvalue weighted by Gasteiger charge is -2.26. The highest BCUT2D eigenvalue weighted by molar-refractivity contribution is 6.11. The summed E-state index contributed by atoms with van der Waals surface area (Å²) < 4.78 is 19.5. The predicted molar refractivity (Wildman–Crippen MR) is 128 cm³/mol. The molecular formula is C27H29FN2O3. The number of aryl methyl sites for hydroxylation is 1. The SMILES string of the molecule is Cc1cc(F)ccc1C(=O)N(c1ccc(O)cc1)c1ccc(OCCN2CCCCC2)cc1. The Morgan fingerprint density at radius 3 is 2.24 bits per heavy atom. The molecule has 1 fully saturated rings. The molecular weight excluding hydrogens is 419 g/mol. The van der Waals surface area contributed by atoms with Crippen molar-refractivity contribution in [2.45, 2.75) is 26.2 Å². The number of phenolic OH excluding ortho intramolecular Hbond substituents is 1. The standard InChI is InChI=1S/C27H29FN2O3/c1-20-19-21(28)5-14-26(20)27(32)30(22-6-10-24(31)11-7-22)23-8-12-25(13-9-23)33-18-17-29-15-3-2-4-16-29/h5-14,19,31H,2-4,15-18H2,1H3. The third kappa shape index (κ3) is 5.71. The molecule has 0 atom stereocenters. The molecule has 1 aliphatic rings. The van der Waals surface area contributed by atoms with Crippen molar-refractivity contribution < 1.29 is 19.0 Å². The van der Waals surface area contributed by atoms with Gasteiger partial charge in [-0.3, -0.25) is 14.6 Å². The summed E-state index contributed by atoms with van der Waals surface area (Å²) in [4.78, 5) is 17.5. The van der Waals surface area contributed by atoms with Gasteiger partial charge in [-0.15, -0.1) is 0 Å². The Kier molecular flexibility index (Phi) is 7.25. The number of hydrogen-bond acceptors (Lipinski definition) is 4. The first-order chi connectivity index (χ1) is 16.0. The summed E-state index contributed by atoms with van der Waals surface area (Å²) in [5.74, 6) is 0.191. The number of anilines is 2. The van der Waals surface area contributed by atoms with E-state index in [2.05, 4.69) is 4.90 Å². The Labute approximate surface area is 194 Å². The van der Waals surface area contributed by atoms with Crippen LogP contribution in [0.3, 0.4) is 0 Å². The van der Waals surface area contributed by atoms with E-state index in [0.29, 0.717) is 29.1 Å². The molecule has 0 aromatic heterocycles. The Morgan fingerprint density at radius 2 is 1.61 bits per heavy atom. The van der Waals surface area contributed by atoms with Gasteiger partial charge in [0, 0.05) is 23.5 Å². The zero-order chi connectivity index (χ0) is 23.2. The number of benzene rings is 3. The number of aromatic hydroxyl groups is 1. The van der Waals surface area contributed by atoms with Crippen LogP contribution in [0.5, 0.6) is 11.5 Å². The maximum atomic E-state index is 13.6. The van der Waals surface area contributed by atoms with Crippen LogP contribution < -0.4 is 9.64 Å². The third-order valence-corrected chi connectivity index (χ3v) is 5.95. The fraction of sp³-hybridized carbons (Fsp3) is 0.296. The molecule has 5 nitrogen and oxygen atoms in total. The third-order valence-electron chi connectivity index (χ3n) is 5.95. The second-order valence-corrected chi connectivity index (χ2v) is 8.36. The van der Waals surface area contributed by atoms with Gasteiger partial charge in [0.25, 0.3) is 5.91 Å². The molecule has 1 saturated heterocycles. The lowest BCUT2D eigenvalue weighted by atomic mass is 10.1. The molecule has 0 spiro atoms. The summed E-state index contributed by atoms with van der Waals surface area (Å²) >= 11 is 0. The Hall–Kier alpha value is -3.38. The molecule has 172 valence electrons. The van der Waals surface area contributed by atoms with Gasteiger partial charge in [0.1, 0.15) is 23.9 Å². The molecule has 0 saturated carbocycles. The highest BCUT2D eigenvalue weighted by Gasteiger charge is 2.22. The fourth-order valence-electron chi connectivity index (χ4n) is 4.14. The number of piperidine rings is 1. The molecule has 0 aliphatic carbocycles. The molecule has 1 aliphatic heterocycles. The number of rotatable bonds is 7. The minimum absolute atomic E-state index is 0.113. The van der Waals surface area contributed by atoms with Crippen molar-refractivity contribution in [3.8, 4) is 11.5 Å². The summed E-state index contributed by atoms with van der Waals surface area (Å²) in [7, 11) is 0. The van der Waals surface area contributed by atoms with Gasteiger partial charge in [-0.1, -0.05) is 6.42 Å².